The van der Waals surface area contributed by atoms with Gasteiger partial charge in [0.2, 0.25) is 0 Å². The fourth-order valence-corrected chi connectivity index (χ4v) is 3.41. The predicted molar refractivity (Wildman–Crippen MR) is 104 cm³/mol. The molecule has 2 aromatic rings. The van der Waals surface area contributed by atoms with Crippen molar-refractivity contribution < 1.29 is 4.74 Å². The molecule has 0 aromatic heterocycles. The first-order valence-electron chi connectivity index (χ1n) is 9.13. The van der Waals surface area contributed by atoms with Crippen LogP contribution >= 0.6 is 0 Å². The molecule has 25 heavy (non-hydrogen) atoms. The summed E-state index contributed by atoms with van der Waals surface area (Å²) in [4.78, 5) is 2.55. The van der Waals surface area contributed by atoms with E-state index in [1.165, 1.54) is 11.1 Å². The molecule has 1 saturated heterocycles. The lowest BCUT2D eigenvalue weighted by Gasteiger charge is -2.34. The molecule has 4 heteroatoms. The lowest BCUT2D eigenvalue weighted by molar-refractivity contribution is 0.189. The Kier molecular flexibility index (Phi) is 6.31. The van der Waals surface area contributed by atoms with Gasteiger partial charge in [-0.05, 0) is 36.6 Å². The van der Waals surface area contributed by atoms with Gasteiger partial charge in [-0.25, -0.2) is 0 Å². The summed E-state index contributed by atoms with van der Waals surface area (Å²) < 4.78 is 5.44. The number of hydrogen-bond acceptors (Lipinski definition) is 4. The topological polar surface area (TPSA) is 36.5 Å². The summed E-state index contributed by atoms with van der Waals surface area (Å²) in [6.07, 6.45) is 1.10. The summed E-state index contributed by atoms with van der Waals surface area (Å²) in [5.74, 6) is 0.910. The largest absolute Gasteiger partial charge is 0.495 e. The normalized spacial score (nSPS) is 18.1. The Hall–Kier alpha value is -2.04. The van der Waals surface area contributed by atoms with Crippen LogP contribution in [0.1, 0.15) is 17.5 Å². The van der Waals surface area contributed by atoms with Crippen molar-refractivity contribution >= 4 is 5.69 Å². The van der Waals surface area contributed by atoms with Gasteiger partial charge in [-0.3, -0.25) is 4.90 Å². The first-order chi connectivity index (χ1) is 12.2. The smallest absolute Gasteiger partial charge is 0.141 e. The van der Waals surface area contributed by atoms with E-state index in [9.17, 15) is 0 Å². The van der Waals surface area contributed by atoms with Crippen molar-refractivity contribution in [2.75, 3.05) is 38.6 Å². The van der Waals surface area contributed by atoms with Crippen LogP contribution in [0.2, 0.25) is 0 Å². The van der Waals surface area contributed by atoms with Crippen LogP contribution in [0.4, 0.5) is 5.69 Å². The van der Waals surface area contributed by atoms with E-state index < -0.39 is 0 Å². The van der Waals surface area contributed by atoms with Crippen molar-refractivity contribution in [2.45, 2.75) is 25.9 Å². The van der Waals surface area contributed by atoms with E-state index in [4.69, 9.17) is 4.74 Å². The van der Waals surface area contributed by atoms with Gasteiger partial charge in [0, 0.05) is 38.8 Å². The molecule has 134 valence electrons. The molecule has 1 aliphatic heterocycles. The van der Waals surface area contributed by atoms with Crippen LogP contribution in [0.25, 0.3) is 0 Å². The average Bonchev–Trinajstić information content (AvgIpc) is 2.63. The Bertz CT molecular complexity index is 659. The van der Waals surface area contributed by atoms with E-state index in [-0.39, 0.29) is 0 Å². The highest BCUT2D eigenvalue weighted by Crippen LogP contribution is 2.25. The molecule has 0 spiro atoms. The Morgan fingerprint density at radius 3 is 2.84 bits per heavy atom. The minimum Gasteiger partial charge on any atom is -0.495 e. The number of anilines is 1. The van der Waals surface area contributed by atoms with Crippen molar-refractivity contribution in [3.63, 3.8) is 0 Å². The molecular weight excluding hydrogens is 310 g/mol. The van der Waals surface area contributed by atoms with Gasteiger partial charge in [-0.1, -0.05) is 36.4 Å². The first kappa shape index (κ1) is 17.8. The third kappa shape index (κ3) is 5.21. The molecule has 2 aromatic carbocycles. The molecule has 2 N–H and O–H groups in total. The van der Waals surface area contributed by atoms with E-state index in [2.05, 4.69) is 64.9 Å². The zero-order valence-electron chi connectivity index (χ0n) is 15.3. The van der Waals surface area contributed by atoms with Crippen LogP contribution in [0.15, 0.2) is 48.5 Å². The van der Waals surface area contributed by atoms with Crippen LogP contribution < -0.4 is 15.4 Å². The third-order valence-corrected chi connectivity index (χ3v) is 4.75. The molecule has 0 aliphatic carbocycles. The molecule has 0 amide bonds. The highest BCUT2D eigenvalue weighted by atomic mass is 16.5. The summed E-state index contributed by atoms with van der Waals surface area (Å²) in [6.45, 7) is 7.36. The molecule has 0 bridgehead atoms. The second-order valence-corrected chi connectivity index (χ2v) is 6.79. The number of aryl methyl sites for hydroxylation is 1. The van der Waals surface area contributed by atoms with E-state index in [1.807, 2.05) is 6.07 Å². The van der Waals surface area contributed by atoms with Crippen molar-refractivity contribution in [1.82, 2.24) is 10.2 Å². The maximum absolute atomic E-state index is 5.44. The molecule has 1 fully saturated rings. The summed E-state index contributed by atoms with van der Waals surface area (Å²) >= 11 is 0. The SMILES string of the molecule is COc1ccc(C)cc1NCC[C@@H]1CN(Cc2ccccc2)CCN1. The minimum atomic E-state index is 0.528. The van der Waals surface area contributed by atoms with E-state index in [0.717, 1.165) is 50.6 Å². The fourth-order valence-electron chi connectivity index (χ4n) is 3.41. The van der Waals surface area contributed by atoms with Crippen molar-refractivity contribution in [2.24, 2.45) is 0 Å². The molecule has 3 rings (SSSR count). The highest BCUT2D eigenvalue weighted by Gasteiger charge is 2.19. The number of rotatable bonds is 7. The van der Waals surface area contributed by atoms with Gasteiger partial charge in [-0.2, -0.15) is 0 Å². The highest BCUT2D eigenvalue weighted by molar-refractivity contribution is 5.57. The van der Waals surface area contributed by atoms with Gasteiger partial charge in [0.05, 0.1) is 12.8 Å². The van der Waals surface area contributed by atoms with Gasteiger partial charge in [0.15, 0.2) is 0 Å². The van der Waals surface area contributed by atoms with Crippen molar-refractivity contribution in [3.05, 3.63) is 59.7 Å². The molecule has 0 radical (unpaired) electrons. The first-order valence-corrected chi connectivity index (χ1v) is 9.13. The summed E-state index contributed by atoms with van der Waals surface area (Å²) in [7, 11) is 1.72. The standard InChI is InChI=1S/C21H29N3O/c1-17-8-9-21(25-2)20(14-17)23-11-10-19-16-24(13-12-22-19)15-18-6-4-3-5-7-18/h3-9,14,19,22-23H,10-13,15-16H2,1-2H3/t19-/m1/s1. The quantitative estimate of drug-likeness (QED) is 0.812. The van der Waals surface area contributed by atoms with Crippen LogP contribution in [-0.4, -0.2) is 44.2 Å². The predicted octanol–water partition coefficient (Wildman–Crippen LogP) is 3.28. The maximum atomic E-state index is 5.44. The summed E-state index contributed by atoms with van der Waals surface area (Å²) in [6, 6.07) is 17.5. The zero-order chi connectivity index (χ0) is 17.5. The molecule has 1 heterocycles. The second kappa shape index (κ2) is 8.88. The molecule has 1 atom stereocenters. The zero-order valence-corrected chi connectivity index (χ0v) is 15.3. The van der Waals surface area contributed by atoms with Gasteiger partial charge < -0.3 is 15.4 Å². The molecular formula is C21H29N3O. The molecule has 4 nitrogen and oxygen atoms in total. The van der Waals surface area contributed by atoms with Gasteiger partial charge in [0.25, 0.3) is 0 Å². The van der Waals surface area contributed by atoms with Gasteiger partial charge in [-0.15, -0.1) is 0 Å². The monoisotopic (exact) mass is 339 g/mol. The lowest BCUT2D eigenvalue weighted by Crippen LogP contribution is -2.50. The van der Waals surface area contributed by atoms with Crippen LogP contribution in [0.3, 0.4) is 0 Å². The number of nitrogens with zero attached hydrogens (tertiary/aromatic N) is 1. The Labute approximate surface area is 151 Å². The lowest BCUT2D eigenvalue weighted by atomic mass is 10.1. The van der Waals surface area contributed by atoms with Gasteiger partial charge >= 0.3 is 0 Å². The van der Waals surface area contributed by atoms with Crippen LogP contribution in [0, 0.1) is 6.92 Å². The van der Waals surface area contributed by atoms with Crippen LogP contribution in [0.5, 0.6) is 5.75 Å². The number of benzene rings is 2. The van der Waals surface area contributed by atoms with Crippen LogP contribution in [-0.2, 0) is 6.54 Å². The van der Waals surface area contributed by atoms with E-state index in [1.54, 1.807) is 7.11 Å². The second-order valence-electron chi connectivity index (χ2n) is 6.79. The third-order valence-electron chi connectivity index (χ3n) is 4.75. The summed E-state index contributed by atoms with van der Waals surface area (Å²) in [5.41, 5.74) is 3.72. The van der Waals surface area contributed by atoms with E-state index >= 15 is 0 Å². The van der Waals surface area contributed by atoms with Crippen molar-refractivity contribution in [1.29, 1.82) is 0 Å². The van der Waals surface area contributed by atoms with Crippen molar-refractivity contribution in [3.8, 4) is 5.75 Å². The Balaban J connectivity index is 1.48. The molecule has 0 saturated carbocycles. The van der Waals surface area contributed by atoms with Gasteiger partial charge in [0.1, 0.15) is 5.75 Å². The number of piperazine rings is 1. The summed E-state index contributed by atoms with van der Waals surface area (Å²) in [5, 5.41) is 7.18. The fraction of sp³-hybridized carbons (Fsp3) is 0.429. The molecule has 0 unspecified atom stereocenters. The number of hydrogen-bond donors (Lipinski definition) is 2. The maximum Gasteiger partial charge on any atom is 0.141 e. The number of methoxy groups -OCH3 is 1. The Morgan fingerprint density at radius 1 is 1.20 bits per heavy atom. The Morgan fingerprint density at radius 2 is 2.04 bits per heavy atom. The van der Waals surface area contributed by atoms with E-state index in [0.29, 0.717) is 6.04 Å². The molecule has 1 aliphatic rings. The minimum absolute atomic E-state index is 0.528. The average molecular weight is 339 g/mol. The number of ether oxygens (including phenoxy) is 1. The number of nitrogens with one attached hydrogen (secondary N) is 2.